The minimum atomic E-state index is -0.411. The van der Waals surface area contributed by atoms with E-state index in [0.717, 1.165) is 11.1 Å². The van der Waals surface area contributed by atoms with Gasteiger partial charge in [0.05, 0.1) is 18.4 Å². The summed E-state index contributed by atoms with van der Waals surface area (Å²) in [6.45, 7) is 6.86. The van der Waals surface area contributed by atoms with Crippen LogP contribution in [0, 0.1) is 0 Å². The molecule has 0 aliphatic rings. The highest BCUT2D eigenvalue weighted by Gasteiger charge is 2.15. The summed E-state index contributed by atoms with van der Waals surface area (Å²) in [5, 5.41) is 0. The third-order valence-corrected chi connectivity index (χ3v) is 2.85. The highest BCUT2D eigenvalue weighted by atomic mass is 16.6. The summed E-state index contributed by atoms with van der Waals surface area (Å²) < 4.78 is 4.76. The SMILES string of the molecule is C=C(NOCc1ccccc1C(=CC)C(=O)OC)C(C)=O. The zero-order valence-corrected chi connectivity index (χ0v) is 12.4. The fourth-order valence-electron chi connectivity index (χ4n) is 1.68. The van der Waals surface area contributed by atoms with E-state index in [1.165, 1.54) is 14.0 Å². The topological polar surface area (TPSA) is 64.6 Å². The Kier molecular flexibility index (Phi) is 6.36. The zero-order chi connectivity index (χ0) is 15.8. The van der Waals surface area contributed by atoms with Crippen LogP contribution in [0.15, 0.2) is 42.6 Å². The fourth-order valence-corrected chi connectivity index (χ4v) is 1.68. The van der Waals surface area contributed by atoms with Gasteiger partial charge in [-0.1, -0.05) is 36.9 Å². The van der Waals surface area contributed by atoms with Crippen molar-refractivity contribution in [2.24, 2.45) is 0 Å². The Balaban J connectivity index is 2.87. The molecule has 0 spiro atoms. The molecule has 0 aromatic heterocycles. The van der Waals surface area contributed by atoms with Crippen molar-refractivity contribution in [2.75, 3.05) is 7.11 Å². The van der Waals surface area contributed by atoms with Gasteiger partial charge in [0.15, 0.2) is 5.78 Å². The van der Waals surface area contributed by atoms with Crippen LogP contribution in [0.1, 0.15) is 25.0 Å². The number of hydrogen-bond donors (Lipinski definition) is 1. The molecule has 0 radical (unpaired) electrons. The van der Waals surface area contributed by atoms with Gasteiger partial charge in [-0.05, 0) is 18.1 Å². The third-order valence-electron chi connectivity index (χ3n) is 2.85. The Morgan fingerprint density at radius 3 is 2.57 bits per heavy atom. The molecule has 0 amide bonds. The first kappa shape index (κ1) is 16.7. The average molecular weight is 289 g/mol. The molecule has 0 saturated carbocycles. The van der Waals surface area contributed by atoms with Crippen molar-refractivity contribution in [1.29, 1.82) is 0 Å². The van der Waals surface area contributed by atoms with E-state index >= 15 is 0 Å². The maximum absolute atomic E-state index is 11.8. The van der Waals surface area contributed by atoms with Gasteiger partial charge in [-0.3, -0.25) is 15.1 Å². The molecule has 0 aliphatic carbocycles. The number of ketones is 1. The van der Waals surface area contributed by atoms with Crippen molar-refractivity contribution >= 4 is 17.3 Å². The van der Waals surface area contributed by atoms with E-state index in [-0.39, 0.29) is 18.1 Å². The van der Waals surface area contributed by atoms with Gasteiger partial charge in [0.25, 0.3) is 0 Å². The Hall–Kier alpha value is -2.40. The first-order valence-corrected chi connectivity index (χ1v) is 6.41. The largest absolute Gasteiger partial charge is 0.465 e. The van der Waals surface area contributed by atoms with Crippen LogP contribution in [0.25, 0.3) is 5.57 Å². The van der Waals surface area contributed by atoms with Crippen LogP contribution in [0.4, 0.5) is 0 Å². The molecule has 1 N–H and O–H groups in total. The number of ether oxygens (including phenoxy) is 1. The monoisotopic (exact) mass is 289 g/mol. The number of allylic oxidation sites excluding steroid dienone is 2. The van der Waals surface area contributed by atoms with E-state index in [0.29, 0.717) is 5.57 Å². The Morgan fingerprint density at radius 1 is 1.33 bits per heavy atom. The summed E-state index contributed by atoms with van der Waals surface area (Å²) in [5.74, 6) is -0.613. The maximum Gasteiger partial charge on any atom is 0.338 e. The van der Waals surface area contributed by atoms with Gasteiger partial charge < -0.3 is 4.74 Å². The van der Waals surface area contributed by atoms with Gasteiger partial charge in [-0.2, -0.15) is 0 Å². The smallest absolute Gasteiger partial charge is 0.338 e. The van der Waals surface area contributed by atoms with Crippen molar-refractivity contribution in [1.82, 2.24) is 5.48 Å². The van der Waals surface area contributed by atoms with Gasteiger partial charge in [0.2, 0.25) is 0 Å². The van der Waals surface area contributed by atoms with Gasteiger partial charge in [0.1, 0.15) is 6.61 Å². The Bertz CT molecular complexity index is 575. The van der Waals surface area contributed by atoms with Gasteiger partial charge in [-0.15, -0.1) is 0 Å². The van der Waals surface area contributed by atoms with Crippen molar-refractivity contribution < 1.29 is 19.2 Å². The number of methoxy groups -OCH3 is 1. The standard InChI is InChI=1S/C16H19NO4/c1-5-14(16(19)20-4)15-9-7-6-8-13(15)10-21-17-11(2)12(3)18/h5-9,17H,2,10H2,1,3-4H3. The molecule has 1 rings (SSSR count). The Morgan fingerprint density at radius 2 is 2.00 bits per heavy atom. The number of rotatable bonds is 7. The molecule has 0 fully saturated rings. The van der Waals surface area contributed by atoms with Crippen molar-refractivity contribution in [2.45, 2.75) is 20.5 Å². The lowest BCUT2D eigenvalue weighted by Crippen LogP contribution is -2.18. The number of nitrogens with one attached hydrogen (secondary N) is 1. The molecule has 0 saturated heterocycles. The van der Waals surface area contributed by atoms with Gasteiger partial charge >= 0.3 is 5.97 Å². The number of hydroxylamine groups is 1. The number of carbonyl (C=O) groups is 2. The van der Waals surface area contributed by atoms with E-state index in [4.69, 9.17) is 9.57 Å². The predicted molar refractivity (Wildman–Crippen MR) is 79.9 cm³/mol. The number of esters is 1. The van der Waals surface area contributed by atoms with Crippen molar-refractivity contribution in [3.05, 3.63) is 53.7 Å². The second-order valence-electron chi connectivity index (χ2n) is 4.28. The highest BCUT2D eigenvalue weighted by Crippen LogP contribution is 2.21. The van der Waals surface area contributed by atoms with E-state index in [9.17, 15) is 9.59 Å². The zero-order valence-electron chi connectivity index (χ0n) is 12.4. The summed E-state index contributed by atoms with van der Waals surface area (Å²) in [6.07, 6.45) is 1.69. The molecule has 0 aliphatic heterocycles. The molecule has 1 aromatic carbocycles. The maximum atomic E-state index is 11.8. The van der Waals surface area contributed by atoms with Gasteiger partial charge in [0, 0.05) is 6.92 Å². The van der Waals surface area contributed by atoms with Crippen molar-refractivity contribution in [3.8, 4) is 0 Å². The minimum absolute atomic E-state index is 0.173. The first-order valence-electron chi connectivity index (χ1n) is 6.41. The van der Waals surface area contributed by atoms with E-state index in [1.54, 1.807) is 13.0 Å². The quantitative estimate of drug-likeness (QED) is 0.474. The number of hydrogen-bond acceptors (Lipinski definition) is 5. The molecular weight excluding hydrogens is 270 g/mol. The molecular formula is C16H19NO4. The third kappa shape index (κ3) is 4.57. The van der Waals surface area contributed by atoms with E-state index in [2.05, 4.69) is 12.1 Å². The van der Waals surface area contributed by atoms with Crippen LogP contribution in [0.5, 0.6) is 0 Å². The average Bonchev–Trinajstić information content (AvgIpc) is 2.48. The summed E-state index contributed by atoms with van der Waals surface area (Å²) in [4.78, 5) is 28.0. The molecule has 0 unspecified atom stereocenters. The number of benzene rings is 1. The van der Waals surface area contributed by atoms with Gasteiger partial charge in [-0.25, -0.2) is 4.79 Å². The lowest BCUT2D eigenvalue weighted by molar-refractivity contribution is -0.133. The van der Waals surface area contributed by atoms with E-state index < -0.39 is 5.97 Å². The van der Waals surface area contributed by atoms with Crippen LogP contribution in [-0.2, 0) is 25.8 Å². The first-order chi connectivity index (χ1) is 10.0. The van der Waals surface area contributed by atoms with Crippen molar-refractivity contribution in [3.63, 3.8) is 0 Å². The Labute approximate surface area is 124 Å². The highest BCUT2D eigenvalue weighted by molar-refractivity contribution is 6.16. The summed E-state index contributed by atoms with van der Waals surface area (Å²) in [6, 6.07) is 7.31. The van der Waals surface area contributed by atoms with Crippen LogP contribution in [-0.4, -0.2) is 18.9 Å². The fraction of sp³-hybridized carbons (Fsp3) is 0.250. The molecule has 0 atom stereocenters. The van der Waals surface area contributed by atoms with E-state index in [1.807, 2.05) is 24.3 Å². The normalized spacial score (nSPS) is 10.9. The molecule has 0 heterocycles. The second kappa shape index (κ2) is 8.01. The summed E-state index contributed by atoms with van der Waals surface area (Å²) >= 11 is 0. The molecule has 1 aromatic rings. The van der Waals surface area contributed by atoms with Crippen LogP contribution >= 0.6 is 0 Å². The van der Waals surface area contributed by atoms with Crippen LogP contribution < -0.4 is 5.48 Å². The molecule has 21 heavy (non-hydrogen) atoms. The lowest BCUT2D eigenvalue weighted by atomic mass is 10.00. The summed E-state index contributed by atoms with van der Waals surface area (Å²) in [7, 11) is 1.34. The summed E-state index contributed by atoms with van der Waals surface area (Å²) in [5.41, 5.74) is 4.63. The molecule has 5 heteroatoms. The predicted octanol–water partition coefficient (Wildman–Crippen LogP) is 2.39. The molecule has 5 nitrogen and oxygen atoms in total. The van der Waals surface area contributed by atoms with Crippen LogP contribution in [0.2, 0.25) is 0 Å². The second-order valence-corrected chi connectivity index (χ2v) is 4.28. The lowest BCUT2D eigenvalue weighted by Gasteiger charge is -2.12. The molecule has 112 valence electrons. The minimum Gasteiger partial charge on any atom is -0.465 e. The molecule has 0 bridgehead atoms. The number of carbonyl (C=O) groups excluding carboxylic acids is 2. The number of Topliss-reactive ketones (excluding diaryl/α,β-unsaturated/α-hetero) is 1. The van der Waals surface area contributed by atoms with Crippen LogP contribution in [0.3, 0.4) is 0 Å².